The molecule has 2 aromatic rings. The van der Waals surface area contributed by atoms with E-state index in [1.165, 1.54) is 6.07 Å². The summed E-state index contributed by atoms with van der Waals surface area (Å²) in [6, 6.07) is 7.37. The standard InChI is InChI=1S/C18H25N3O2.C6H4F2S/c1-19-12-10-14-16(20-17(22)18(14)6-3-7-18)15(11-12)23-13-4-8-21(2)9-5-13;7-4-1-2-6(9)5(8)3-4/h10-11,13,19H,3-9H2,1-2H3,(H,20,22);1-3,9H. The van der Waals surface area contributed by atoms with Crippen molar-refractivity contribution in [3.05, 3.63) is 47.5 Å². The lowest BCUT2D eigenvalue weighted by Crippen LogP contribution is -2.40. The predicted octanol–water partition coefficient (Wildman–Crippen LogP) is 4.83. The molecular weight excluding hydrogens is 432 g/mol. The Morgan fingerprint density at radius 2 is 1.91 bits per heavy atom. The molecule has 1 saturated heterocycles. The zero-order valence-corrected chi connectivity index (χ0v) is 19.3. The van der Waals surface area contributed by atoms with Crippen molar-refractivity contribution in [2.24, 2.45) is 0 Å². The minimum absolute atomic E-state index is 0.153. The highest BCUT2D eigenvalue weighted by atomic mass is 32.1. The molecule has 0 radical (unpaired) electrons. The maximum absolute atomic E-state index is 12.5. The summed E-state index contributed by atoms with van der Waals surface area (Å²) >= 11 is 3.70. The van der Waals surface area contributed by atoms with Crippen LogP contribution in [0.1, 0.15) is 37.7 Å². The Morgan fingerprint density at radius 1 is 1.19 bits per heavy atom. The van der Waals surface area contributed by atoms with Gasteiger partial charge >= 0.3 is 0 Å². The molecule has 5 nitrogen and oxygen atoms in total. The number of benzene rings is 2. The van der Waals surface area contributed by atoms with Gasteiger partial charge in [-0.3, -0.25) is 4.79 Å². The summed E-state index contributed by atoms with van der Waals surface area (Å²) in [5.41, 5.74) is 2.76. The minimum atomic E-state index is -0.627. The lowest BCUT2D eigenvalue weighted by atomic mass is 9.65. The summed E-state index contributed by atoms with van der Waals surface area (Å²) in [6.45, 7) is 2.13. The third-order valence-corrected chi connectivity index (χ3v) is 7.02. The third-order valence-electron chi connectivity index (χ3n) is 6.66. The van der Waals surface area contributed by atoms with Crippen LogP contribution in [-0.4, -0.2) is 44.1 Å². The second-order valence-corrected chi connectivity index (χ2v) is 9.23. The number of likely N-dealkylation sites (tertiary alicyclic amines) is 1. The first kappa shape index (κ1) is 22.9. The fourth-order valence-electron chi connectivity index (χ4n) is 4.50. The van der Waals surface area contributed by atoms with Crippen molar-refractivity contribution in [2.75, 3.05) is 37.8 Å². The van der Waals surface area contributed by atoms with Gasteiger partial charge in [0.25, 0.3) is 0 Å². The number of carbonyl (C=O) groups excluding carboxylic acids is 1. The van der Waals surface area contributed by atoms with Gasteiger partial charge in [-0.15, -0.1) is 12.6 Å². The Labute approximate surface area is 192 Å². The summed E-state index contributed by atoms with van der Waals surface area (Å²) in [5.74, 6) is -0.220. The molecule has 5 rings (SSSR count). The maximum atomic E-state index is 12.5. The van der Waals surface area contributed by atoms with Crippen molar-refractivity contribution in [2.45, 2.75) is 48.5 Å². The Kier molecular flexibility index (Phi) is 6.62. The first-order valence-corrected chi connectivity index (χ1v) is 11.4. The molecule has 0 atom stereocenters. The van der Waals surface area contributed by atoms with E-state index >= 15 is 0 Å². The van der Waals surface area contributed by atoms with Gasteiger partial charge in [0.05, 0.1) is 11.1 Å². The Morgan fingerprint density at radius 3 is 2.47 bits per heavy atom. The number of anilines is 2. The van der Waals surface area contributed by atoms with E-state index in [1.54, 1.807) is 0 Å². The molecular formula is C24H29F2N3O2S. The summed E-state index contributed by atoms with van der Waals surface area (Å²) in [4.78, 5) is 15.0. The van der Waals surface area contributed by atoms with Crippen molar-refractivity contribution in [1.82, 2.24) is 4.90 Å². The normalized spacial score (nSPS) is 19.5. The highest BCUT2D eigenvalue weighted by Crippen LogP contribution is 2.54. The van der Waals surface area contributed by atoms with Gasteiger partial charge in [0, 0.05) is 42.9 Å². The molecule has 0 unspecified atom stereocenters. The molecule has 2 fully saturated rings. The molecule has 0 bridgehead atoms. The van der Waals surface area contributed by atoms with E-state index in [0.717, 1.165) is 80.0 Å². The fraction of sp³-hybridized carbons (Fsp3) is 0.458. The lowest BCUT2D eigenvalue weighted by Gasteiger charge is -2.36. The number of fused-ring (bicyclic) bond motifs is 2. The Balaban J connectivity index is 0.000000230. The number of piperidine rings is 1. The largest absolute Gasteiger partial charge is 0.488 e. The average molecular weight is 462 g/mol. The molecule has 8 heteroatoms. The number of thiol groups is 1. The van der Waals surface area contributed by atoms with Gasteiger partial charge in [-0.05, 0) is 56.5 Å². The van der Waals surface area contributed by atoms with Crippen LogP contribution in [0.5, 0.6) is 5.75 Å². The number of carbonyl (C=O) groups is 1. The molecule has 2 aromatic carbocycles. The molecule has 1 aliphatic carbocycles. The molecule has 0 aromatic heterocycles. The van der Waals surface area contributed by atoms with Crippen LogP contribution in [0, 0.1) is 11.6 Å². The second-order valence-electron chi connectivity index (χ2n) is 8.75. The molecule has 1 saturated carbocycles. The van der Waals surface area contributed by atoms with Crippen LogP contribution >= 0.6 is 12.6 Å². The molecule has 32 heavy (non-hydrogen) atoms. The van der Waals surface area contributed by atoms with Gasteiger partial charge in [0.1, 0.15) is 23.5 Å². The van der Waals surface area contributed by atoms with E-state index in [0.29, 0.717) is 0 Å². The Hall–Kier alpha value is -2.32. The van der Waals surface area contributed by atoms with Crippen LogP contribution in [-0.2, 0) is 10.2 Å². The van der Waals surface area contributed by atoms with Gasteiger partial charge in [0.2, 0.25) is 5.91 Å². The summed E-state index contributed by atoms with van der Waals surface area (Å²) in [6.07, 6.45) is 5.33. The molecule has 2 N–H and O–H groups in total. The first-order chi connectivity index (χ1) is 15.3. The predicted molar refractivity (Wildman–Crippen MR) is 125 cm³/mol. The van der Waals surface area contributed by atoms with Crippen LogP contribution in [0.4, 0.5) is 20.2 Å². The second kappa shape index (κ2) is 9.27. The average Bonchev–Trinajstić information content (AvgIpc) is 3.05. The highest BCUT2D eigenvalue weighted by Gasteiger charge is 2.52. The van der Waals surface area contributed by atoms with E-state index in [-0.39, 0.29) is 22.3 Å². The van der Waals surface area contributed by atoms with E-state index in [4.69, 9.17) is 4.74 Å². The smallest absolute Gasteiger partial charge is 0.235 e. The number of nitrogens with one attached hydrogen (secondary N) is 2. The highest BCUT2D eigenvalue weighted by molar-refractivity contribution is 7.80. The summed E-state index contributed by atoms with van der Waals surface area (Å²) in [5, 5.41) is 6.32. The van der Waals surface area contributed by atoms with E-state index in [2.05, 4.69) is 41.3 Å². The van der Waals surface area contributed by atoms with Crippen molar-refractivity contribution in [1.29, 1.82) is 0 Å². The van der Waals surface area contributed by atoms with Gasteiger partial charge < -0.3 is 20.3 Å². The number of halogens is 2. The summed E-state index contributed by atoms with van der Waals surface area (Å²) in [7, 11) is 4.06. The number of ether oxygens (including phenoxy) is 1. The maximum Gasteiger partial charge on any atom is 0.235 e. The van der Waals surface area contributed by atoms with Crippen LogP contribution in [0.2, 0.25) is 0 Å². The quantitative estimate of drug-likeness (QED) is 0.574. The van der Waals surface area contributed by atoms with Crippen molar-refractivity contribution in [3.8, 4) is 5.75 Å². The van der Waals surface area contributed by atoms with Crippen LogP contribution < -0.4 is 15.4 Å². The lowest BCUT2D eigenvalue weighted by molar-refractivity contribution is -0.123. The molecule has 2 aliphatic heterocycles. The van der Waals surface area contributed by atoms with Gasteiger partial charge in [-0.2, -0.15) is 0 Å². The third kappa shape index (κ3) is 4.43. The van der Waals surface area contributed by atoms with Crippen LogP contribution in [0.25, 0.3) is 0 Å². The molecule has 2 heterocycles. The monoisotopic (exact) mass is 461 g/mol. The van der Waals surface area contributed by atoms with Crippen molar-refractivity contribution < 1.29 is 18.3 Å². The topological polar surface area (TPSA) is 53.6 Å². The van der Waals surface area contributed by atoms with Gasteiger partial charge in [-0.1, -0.05) is 6.42 Å². The SMILES string of the molecule is CNc1cc(OC2CCN(C)CC2)c2c(c1)C1(CCC1)C(=O)N2.Fc1ccc(S)c(F)c1. The Bertz CT molecular complexity index is 1000. The zero-order chi connectivity index (χ0) is 22.9. The fourth-order valence-corrected chi connectivity index (χ4v) is 4.64. The summed E-state index contributed by atoms with van der Waals surface area (Å²) < 4.78 is 30.7. The number of rotatable bonds is 3. The molecule has 1 amide bonds. The first-order valence-electron chi connectivity index (χ1n) is 11.0. The molecule has 172 valence electrons. The van der Waals surface area contributed by atoms with Gasteiger partial charge in [-0.25, -0.2) is 8.78 Å². The number of hydrogen-bond donors (Lipinski definition) is 3. The van der Waals surface area contributed by atoms with Crippen LogP contribution in [0.3, 0.4) is 0 Å². The zero-order valence-electron chi connectivity index (χ0n) is 18.4. The number of hydrogen-bond acceptors (Lipinski definition) is 5. The van der Waals surface area contributed by atoms with E-state index in [9.17, 15) is 13.6 Å². The van der Waals surface area contributed by atoms with Crippen molar-refractivity contribution in [3.63, 3.8) is 0 Å². The molecule has 3 aliphatic rings. The van der Waals surface area contributed by atoms with Gasteiger partial charge in [0.15, 0.2) is 0 Å². The number of amides is 1. The van der Waals surface area contributed by atoms with Crippen molar-refractivity contribution >= 4 is 29.9 Å². The molecule has 1 spiro atoms. The van der Waals surface area contributed by atoms with Crippen LogP contribution in [0.15, 0.2) is 35.2 Å². The number of nitrogens with zero attached hydrogens (tertiary/aromatic N) is 1. The minimum Gasteiger partial charge on any atom is -0.488 e. The van der Waals surface area contributed by atoms with E-state index < -0.39 is 11.6 Å². The van der Waals surface area contributed by atoms with E-state index in [1.807, 2.05) is 13.1 Å².